The van der Waals surface area contributed by atoms with E-state index in [4.69, 9.17) is 0 Å². The van der Waals surface area contributed by atoms with Crippen LogP contribution in [0.3, 0.4) is 0 Å². The van der Waals surface area contributed by atoms with Crippen LogP contribution >= 0.6 is 0 Å². The number of carbonyl (C=O) groups is 1. The molecule has 132 valence electrons. The fraction of sp³-hybridized carbons (Fsp3) is 0. The molecule has 3 rings (SSSR count). The lowest BCUT2D eigenvalue weighted by molar-refractivity contribution is 0.102. The van der Waals surface area contributed by atoms with E-state index in [1.807, 2.05) is 0 Å². The Kier molecular flexibility index (Phi) is 4.90. The summed E-state index contributed by atoms with van der Waals surface area (Å²) >= 11 is 0. The van der Waals surface area contributed by atoms with Crippen molar-refractivity contribution in [1.82, 2.24) is 9.97 Å². The zero-order valence-electron chi connectivity index (χ0n) is 13.3. The van der Waals surface area contributed by atoms with Gasteiger partial charge in [0, 0.05) is 18.1 Å². The van der Waals surface area contributed by atoms with E-state index in [-0.39, 0.29) is 22.1 Å². The summed E-state index contributed by atoms with van der Waals surface area (Å²) in [6, 6.07) is 13.2. The molecule has 0 fully saturated rings. The first-order valence-corrected chi connectivity index (χ1v) is 8.89. The SMILES string of the molecule is O=C(Nc1cccc(F)c1)c1cnc(NS(=O)(=O)c2ccccc2)nc1. The fourth-order valence-corrected chi connectivity index (χ4v) is 3.03. The monoisotopic (exact) mass is 372 g/mol. The number of rotatable bonds is 5. The van der Waals surface area contributed by atoms with Gasteiger partial charge in [-0.2, -0.15) is 0 Å². The summed E-state index contributed by atoms with van der Waals surface area (Å²) in [6.45, 7) is 0. The molecule has 0 aliphatic carbocycles. The van der Waals surface area contributed by atoms with Crippen LogP contribution in [0.2, 0.25) is 0 Å². The molecule has 7 nitrogen and oxygen atoms in total. The quantitative estimate of drug-likeness (QED) is 0.717. The maximum atomic E-state index is 13.1. The smallest absolute Gasteiger partial charge is 0.264 e. The predicted octanol–water partition coefficient (Wildman–Crippen LogP) is 2.67. The van der Waals surface area contributed by atoms with E-state index in [0.29, 0.717) is 0 Å². The van der Waals surface area contributed by atoms with Crippen molar-refractivity contribution in [2.24, 2.45) is 0 Å². The number of hydrogen-bond acceptors (Lipinski definition) is 5. The number of hydrogen-bond donors (Lipinski definition) is 2. The van der Waals surface area contributed by atoms with E-state index in [2.05, 4.69) is 20.0 Å². The van der Waals surface area contributed by atoms with Gasteiger partial charge in [0.15, 0.2) is 0 Å². The summed E-state index contributed by atoms with van der Waals surface area (Å²) in [5, 5.41) is 2.50. The predicted molar refractivity (Wildman–Crippen MR) is 93.6 cm³/mol. The van der Waals surface area contributed by atoms with Crippen LogP contribution in [-0.2, 0) is 10.0 Å². The maximum absolute atomic E-state index is 13.1. The van der Waals surface area contributed by atoms with Gasteiger partial charge < -0.3 is 5.32 Å². The van der Waals surface area contributed by atoms with Crippen molar-refractivity contribution in [3.8, 4) is 0 Å². The third kappa shape index (κ3) is 4.19. The van der Waals surface area contributed by atoms with Crippen LogP contribution in [0.15, 0.2) is 71.9 Å². The van der Waals surface area contributed by atoms with E-state index >= 15 is 0 Å². The van der Waals surface area contributed by atoms with Gasteiger partial charge in [-0.1, -0.05) is 24.3 Å². The van der Waals surface area contributed by atoms with Crippen LogP contribution in [0.25, 0.3) is 0 Å². The molecule has 9 heteroatoms. The van der Waals surface area contributed by atoms with Gasteiger partial charge in [0.05, 0.1) is 10.5 Å². The van der Waals surface area contributed by atoms with Crippen LogP contribution in [-0.4, -0.2) is 24.3 Å². The number of amides is 1. The lowest BCUT2D eigenvalue weighted by Gasteiger charge is -2.07. The highest BCUT2D eigenvalue weighted by molar-refractivity contribution is 7.92. The molecule has 1 amide bonds. The summed E-state index contributed by atoms with van der Waals surface area (Å²) in [5.74, 6) is -1.20. The molecular formula is C17H13FN4O3S. The Morgan fingerprint density at radius 3 is 2.31 bits per heavy atom. The van der Waals surface area contributed by atoms with E-state index in [1.165, 1.54) is 48.8 Å². The van der Waals surface area contributed by atoms with Gasteiger partial charge >= 0.3 is 0 Å². The van der Waals surface area contributed by atoms with Gasteiger partial charge in [0.25, 0.3) is 15.9 Å². The molecule has 1 heterocycles. The van der Waals surface area contributed by atoms with Crippen molar-refractivity contribution in [3.05, 3.63) is 78.4 Å². The molecule has 0 aliphatic heterocycles. The standard InChI is InChI=1S/C17H13FN4O3S/c18-13-5-4-6-14(9-13)21-16(23)12-10-19-17(20-11-12)22-26(24,25)15-7-2-1-3-8-15/h1-11H,(H,21,23)(H,19,20,22). The molecule has 0 spiro atoms. The van der Waals surface area contributed by atoms with Crippen molar-refractivity contribution < 1.29 is 17.6 Å². The van der Waals surface area contributed by atoms with Crippen molar-refractivity contribution in [1.29, 1.82) is 0 Å². The summed E-state index contributed by atoms with van der Waals surface area (Å²) in [6.07, 6.45) is 2.34. The van der Waals surface area contributed by atoms with Crippen LogP contribution < -0.4 is 10.0 Å². The Morgan fingerprint density at radius 2 is 1.65 bits per heavy atom. The summed E-state index contributed by atoms with van der Waals surface area (Å²) < 4.78 is 39.7. The number of sulfonamides is 1. The minimum absolute atomic E-state index is 0.0662. The molecule has 0 saturated carbocycles. The highest BCUT2D eigenvalue weighted by Crippen LogP contribution is 2.13. The Balaban J connectivity index is 1.71. The van der Waals surface area contributed by atoms with Crippen molar-refractivity contribution in [2.75, 3.05) is 10.0 Å². The molecule has 0 unspecified atom stereocenters. The lowest BCUT2D eigenvalue weighted by atomic mass is 10.2. The van der Waals surface area contributed by atoms with Crippen LogP contribution in [0.4, 0.5) is 16.0 Å². The molecule has 2 N–H and O–H groups in total. The molecule has 26 heavy (non-hydrogen) atoms. The third-order valence-electron chi connectivity index (χ3n) is 3.28. The zero-order valence-corrected chi connectivity index (χ0v) is 14.1. The average molecular weight is 372 g/mol. The zero-order chi connectivity index (χ0) is 18.6. The van der Waals surface area contributed by atoms with Gasteiger partial charge in [-0.3, -0.25) is 4.79 Å². The number of carbonyl (C=O) groups excluding carboxylic acids is 1. The van der Waals surface area contributed by atoms with E-state index in [0.717, 1.165) is 0 Å². The fourth-order valence-electron chi connectivity index (χ4n) is 2.05. The molecule has 0 saturated heterocycles. The highest BCUT2D eigenvalue weighted by Gasteiger charge is 2.15. The Bertz CT molecular complexity index is 1030. The van der Waals surface area contributed by atoms with Crippen molar-refractivity contribution in [2.45, 2.75) is 4.90 Å². The van der Waals surface area contributed by atoms with Crippen LogP contribution in [0.1, 0.15) is 10.4 Å². The first kappa shape index (κ1) is 17.5. The Morgan fingerprint density at radius 1 is 0.962 bits per heavy atom. The Hall–Kier alpha value is -3.33. The van der Waals surface area contributed by atoms with Gasteiger partial charge in [0.2, 0.25) is 5.95 Å². The number of aromatic nitrogens is 2. The van der Waals surface area contributed by atoms with Gasteiger partial charge in [-0.05, 0) is 30.3 Å². The molecule has 0 radical (unpaired) electrons. The molecule has 1 aromatic heterocycles. The molecule has 0 bridgehead atoms. The average Bonchev–Trinajstić information content (AvgIpc) is 2.63. The van der Waals surface area contributed by atoms with Gasteiger partial charge in [-0.25, -0.2) is 27.5 Å². The molecular weight excluding hydrogens is 359 g/mol. The summed E-state index contributed by atoms with van der Waals surface area (Å²) in [5.41, 5.74) is 0.376. The first-order chi connectivity index (χ1) is 12.4. The minimum Gasteiger partial charge on any atom is -0.322 e. The number of halogens is 1. The Labute approximate surface area is 149 Å². The topological polar surface area (TPSA) is 101 Å². The number of anilines is 2. The number of nitrogens with one attached hydrogen (secondary N) is 2. The van der Waals surface area contributed by atoms with E-state index in [9.17, 15) is 17.6 Å². The summed E-state index contributed by atoms with van der Waals surface area (Å²) in [4.78, 5) is 19.8. The molecule has 0 atom stereocenters. The minimum atomic E-state index is -3.82. The van der Waals surface area contributed by atoms with Crippen molar-refractivity contribution in [3.63, 3.8) is 0 Å². The molecule has 0 aliphatic rings. The second-order valence-corrected chi connectivity index (χ2v) is 6.86. The number of nitrogens with zero attached hydrogens (tertiary/aromatic N) is 2. The first-order valence-electron chi connectivity index (χ1n) is 7.41. The molecule has 3 aromatic rings. The van der Waals surface area contributed by atoms with Crippen molar-refractivity contribution >= 4 is 27.6 Å². The van der Waals surface area contributed by atoms with Gasteiger partial charge in [-0.15, -0.1) is 0 Å². The van der Waals surface area contributed by atoms with E-state index in [1.54, 1.807) is 18.2 Å². The van der Waals surface area contributed by atoms with Crippen LogP contribution in [0, 0.1) is 5.82 Å². The summed E-state index contributed by atoms with van der Waals surface area (Å²) in [7, 11) is -3.82. The third-order valence-corrected chi connectivity index (χ3v) is 4.62. The second-order valence-electron chi connectivity index (χ2n) is 5.18. The van der Waals surface area contributed by atoms with Gasteiger partial charge in [0.1, 0.15) is 5.82 Å². The maximum Gasteiger partial charge on any atom is 0.264 e. The largest absolute Gasteiger partial charge is 0.322 e. The normalized spacial score (nSPS) is 11.0. The lowest BCUT2D eigenvalue weighted by Crippen LogP contribution is -2.16. The van der Waals surface area contributed by atoms with E-state index < -0.39 is 21.7 Å². The molecule has 2 aromatic carbocycles. The second kappa shape index (κ2) is 7.28. The van der Waals surface area contributed by atoms with Crippen LogP contribution in [0.5, 0.6) is 0 Å². The number of benzene rings is 2. The highest BCUT2D eigenvalue weighted by atomic mass is 32.2.